The molecule has 2 atom stereocenters. The van der Waals surface area contributed by atoms with Gasteiger partial charge in [-0.3, -0.25) is 9.59 Å². The second-order valence-electron chi connectivity index (χ2n) is 8.36. The van der Waals surface area contributed by atoms with Gasteiger partial charge in [-0.1, -0.05) is 61.5 Å². The third-order valence-electron chi connectivity index (χ3n) is 5.40. The number of aliphatic carboxylic acids is 3. The minimum absolute atomic E-state index is 0.464. The smallest absolute Gasteiger partial charge is 0.336 e. The average molecular weight is 460 g/mol. The molecule has 0 fully saturated rings. The molecule has 2 aromatic carbocycles. The third kappa shape index (κ3) is 9.03. The number of benzene rings is 2. The molecule has 0 aliphatic rings. The lowest BCUT2D eigenvalue weighted by Crippen LogP contribution is -2.42. The number of nitrogens with zero attached hydrogens (tertiary/aromatic N) is 1. The van der Waals surface area contributed by atoms with Gasteiger partial charge in [0.15, 0.2) is 5.60 Å². The molecule has 0 spiro atoms. The maximum Gasteiger partial charge on any atom is 0.336 e. The second-order valence-corrected chi connectivity index (χ2v) is 8.36. The van der Waals surface area contributed by atoms with Crippen molar-refractivity contribution in [3.8, 4) is 0 Å². The molecule has 8 nitrogen and oxygen atoms in total. The van der Waals surface area contributed by atoms with Crippen LogP contribution in [0.4, 0.5) is 0 Å². The van der Waals surface area contributed by atoms with Crippen LogP contribution in [-0.2, 0) is 14.4 Å². The fourth-order valence-electron chi connectivity index (χ4n) is 3.54. The Labute approximate surface area is 194 Å². The fraction of sp³-hybridized carbons (Fsp3) is 0.400. The lowest BCUT2D eigenvalue weighted by molar-refractivity contribution is -0.170. The summed E-state index contributed by atoms with van der Waals surface area (Å²) in [6.45, 7) is 4.53. The van der Waals surface area contributed by atoms with Crippen molar-refractivity contribution in [2.45, 2.75) is 50.7 Å². The molecular weight excluding hydrogens is 426 g/mol. The van der Waals surface area contributed by atoms with Crippen LogP contribution in [0.3, 0.4) is 0 Å². The van der Waals surface area contributed by atoms with Gasteiger partial charge < -0.3 is 25.3 Å². The highest BCUT2D eigenvalue weighted by molar-refractivity contribution is 5.88. The van der Waals surface area contributed by atoms with Crippen LogP contribution in [0.15, 0.2) is 54.6 Å². The van der Waals surface area contributed by atoms with Gasteiger partial charge in [0, 0.05) is 6.04 Å². The van der Waals surface area contributed by atoms with Gasteiger partial charge in [0.25, 0.3) is 0 Å². The Balaban J connectivity index is 0.000000366. The maximum absolute atomic E-state index is 10.3. The first-order valence-electron chi connectivity index (χ1n) is 10.5. The predicted octanol–water partition coefficient (Wildman–Crippen LogP) is 3.54. The van der Waals surface area contributed by atoms with Gasteiger partial charge in [0.1, 0.15) is 0 Å². The van der Waals surface area contributed by atoms with E-state index in [9.17, 15) is 14.4 Å². The molecule has 0 saturated heterocycles. The molecule has 33 heavy (non-hydrogen) atoms. The molecule has 180 valence electrons. The highest BCUT2D eigenvalue weighted by atomic mass is 16.4. The molecule has 0 aromatic heterocycles. The molecule has 0 aliphatic carbocycles. The standard InChI is InChI=1S/C19H25N.C6H8O7/c1-15-10-8-9-13-18(15)19(20(3)4)14-16(2)17-11-6-5-7-12-17;7-3(8)1-6(13,5(11)12)2-4(9)10/h5-13,16,19H,14H2,1-4H3;13H,1-2H2,(H,7,8)(H,9,10)(H,11,12). The normalized spacial score (nSPS) is 12.9. The van der Waals surface area contributed by atoms with E-state index >= 15 is 0 Å². The lowest BCUT2D eigenvalue weighted by atomic mass is 9.88. The summed E-state index contributed by atoms with van der Waals surface area (Å²) in [6.07, 6.45) is -1.15. The molecule has 0 saturated carbocycles. The molecule has 2 rings (SSSR count). The van der Waals surface area contributed by atoms with Crippen LogP contribution in [0.1, 0.15) is 54.8 Å². The van der Waals surface area contributed by atoms with Crippen molar-refractivity contribution in [3.63, 3.8) is 0 Å². The summed E-state index contributed by atoms with van der Waals surface area (Å²) < 4.78 is 0. The van der Waals surface area contributed by atoms with Gasteiger partial charge in [-0.05, 0) is 50.0 Å². The van der Waals surface area contributed by atoms with Crippen LogP contribution >= 0.6 is 0 Å². The number of carboxylic acids is 3. The summed E-state index contributed by atoms with van der Waals surface area (Å²) >= 11 is 0. The van der Waals surface area contributed by atoms with E-state index in [1.165, 1.54) is 16.7 Å². The number of rotatable bonds is 10. The zero-order valence-corrected chi connectivity index (χ0v) is 19.4. The van der Waals surface area contributed by atoms with Crippen LogP contribution in [0.2, 0.25) is 0 Å². The van der Waals surface area contributed by atoms with Crippen molar-refractivity contribution in [1.29, 1.82) is 0 Å². The second kappa shape index (κ2) is 12.7. The largest absolute Gasteiger partial charge is 0.481 e. The van der Waals surface area contributed by atoms with Gasteiger partial charge in [-0.25, -0.2) is 4.79 Å². The van der Waals surface area contributed by atoms with Crippen LogP contribution in [0, 0.1) is 6.92 Å². The molecular formula is C25H33NO7. The van der Waals surface area contributed by atoms with E-state index in [1.807, 2.05) is 0 Å². The van der Waals surface area contributed by atoms with Crippen LogP contribution < -0.4 is 0 Å². The number of aryl methyl sites for hydroxylation is 1. The van der Waals surface area contributed by atoms with E-state index in [-0.39, 0.29) is 0 Å². The zero-order valence-electron chi connectivity index (χ0n) is 19.4. The summed E-state index contributed by atoms with van der Waals surface area (Å²) in [7, 11) is 4.35. The first-order valence-corrected chi connectivity index (χ1v) is 10.5. The summed E-state index contributed by atoms with van der Waals surface area (Å²) in [5.41, 5.74) is 1.51. The van der Waals surface area contributed by atoms with Gasteiger partial charge >= 0.3 is 17.9 Å². The minimum Gasteiger partial charge on any atom is -0.481 e. The van der Waals surface area contributed by atoms with Gasteiger partial charge in [0.05, 0.1) is 12.8 Å². The number of aliphatic hydroxyl groups is 1. The molecule has 0 bridgehead atoms. The Hall–Kier alpha value is -3.23. The lowest BCUT2D eigenvalue weighted by Gasteiger charge is -2.29. The highest BCUT2D eigenvalue weighted by Crippen LogP contribution is 2.32. The molecule has 0 aliphatic heterocycles. The first-order chi connectivity index (χ1) is 15.4. The SMILES string of the molecule is Cc1ccccc1C(CC(C)c1ccccc1)N(C)C.O=C(O)CC(O)(CC(=O)O)C(=O)O. The monoisotopic (exact) mass is 459 g/mol. The van der Waals surface area contributed by atoms with E-state index in [1.54, 1.807) is 0 Å². The Bertz CT molecular complexity index is 911. The quantitative estimate of drug-likeness (QED) is 0.424. The number of hydrogen-bond acceptors (Lipinski definition) is 5. The first kappa shape index (κ1) is 27.8. The van der Waals surface area contributed by atoms with Crippen molar-refractivity contribution >= 4 is 17.9 Å². The van der Waals surface area contributed by atoms with Gasteiger partial charge in [0.2, 0.25) is 0 Å². The van der Waals surface area contributed by atoms with E-state index in [2.05, 4.69) is 87.4 Å². The van der Waals surface area contributed by atoms with Crippen molar-refractivity contribution < 1.29 is 34.8 Å². The summed E-state index contributed by atoms with van der Waals surface area (Å²) in [5, 5.41) is 33.8. The van der Waals surface area contributed by atoms with E-state index in [0.29, 0.717) is 12.0 Å². The Kier molecular flexibility index (Phi) is 10.7. The minimum atomic E-state index is -2.74. The van der Waals surface area contributed by atoms with Crippen molar-refractivity contribution in [1.82, 2.24) is 4.90 Å². The van der Waals surface area contributed by atoms with Crippen molar-refractivity contribution in [3.05, 3.63) is 71.3 Å². The number of carboxylic acid groups (broad SMARTS) is 3. The topological polar surface area (TPSA) is 135 Å². The molecule has 8 heteroatoms. The molecule has 2 aromatic rings. The van der Waals surface area contributed by atoms with Crippen molar-refractivity contribution in [2.75, 3.05) is 14.1 Å². The summed E-state index contributed by atoms with van der Waals surface area (Å²) in [5.74, 6) is -4.46. The van der Waals surface area contributed by atoms with E-state index < -0.39 is 36.4 Å². The Morgan fingerprint density at radius 3 is 1.79 bits per heavy atom. The zero-order chi connectivity index (χ0) is 25.2. The summed E-state index contributed by atoms with van der Waals surface area (Å²) in [4.78, 5) is 32.8. The summed E-state index contributed by atoms with van der Waals surface area (Å²) in [6, 6.07) is 20.0. The van der Waals surface area contributed by atoms with Crippen LogP contribution in [0.5, 0.6) is 0 Å². The van der Waals surface area contributed by atoms with Crippen LogP contribution in [0.25, 0.3) is 0 Å². The predicted molar refractivity (Wildman–Crippen MR) is 124 cm³/mol. The van der Waals surface area contributed by atoms with Crippen LogP contribution in [-0.4, -0.2) is 62.9 Å². The van der Waals surface area contributed by atoms with Gasteiger partial charge in [-0.15, -0.1) is 0 Å². The average Bonchev–Trinajstić information content (AvgIpc) is 2.72. The van der Waals surface area contributed by atoms with E-state index in [0.717, 1.165) is 6.42 Å². The molecule has 2 unspecified atom stereocenters. The Morgan fingerprint density at radius 2 is 1.36 bits per heavy atom. The number of hydrogen-bond donors (Lipinski definition) is 4. The molecule has 0 amide bonds. The molecule has 0 heterocycles. The molecule has 4 N–H and O–H groups in total. The van der Waals surface area contributed by atoms with E-state index in [4.69, 9.17) is 20.4 Å². The van der Waals surface area contributed by atoms with Gasteiger partial charge in [-0.2, -0.15) is 0 Å². The van der Waals surface area contributed by atoms with Crippen molar-refractivity contribution in [2.24, 2.45) is 0 Å². The highest BCUT2D eigenvalue weighted by Gasteiger charge is 2.40. The molecule has 0 radical (unpaired) electrons. The maximum atomic E-state index is 10.3. The Morgan fingerprint density at radius 1 is 0.879 bits per heavy atom. The third-order valence-corrected chi connectivity index (χ3v) is 5.40. The fourth-order valence-corrected chi connectivity index (χ4v) is 3.54. The number of carbonyl (C=O) groups is 3.